The third-order valence-corrected chi connectivity index (χ3v) is 8.28. The number of aromatic amines is 1. The molecule has 3 heterocycles. The standard InChI is InChI=1S/C33H36N4/c1-6-24-14-11-15-25(7-2)30(24)37-31(27-17-16-22(3)29-26(27)18-19-34-29)28-21-36(33(4,5)32(28)35-37)20-23-12-9-8-10-13-23/h8-19,34H,6-7,20-21H2,1-5H3. The molecule has 188 valence electrons. The first-order valence-electron chi connectivity index (χ1n) is 13.5. The second kappa shape index (κ2) is 9.04. The highest BCUT2D eigenvalue weighted by molar-refractivity contribution is 5.97. The Bertz CT molecular complexity index is 1560. The van der Waals surface area contributed by atoms with Gasteiger partial charge in [-0.05, 0) is 61.9 Å². The molecule has 0 bridgehead atoms. The number of hydrogen-bond acceptors (Lipinski definition) is 2. The highest BCUT2D eigenvalue weighted by Gasteiger charge is 2.43. The van der Waals surface area contributed by atoms with Crippen molar-refractivity contribution >= 4 is 10.9 Å². The maximum absolute atomic E-state index is 5.48. The van der Waals surface area contributed by atoms with E-state index >= 15 is 0 Å². The molecule has 37 heavy (non-hydrogen) atoms. The lowest BCUT2D eigenvalue weighted by molar-refractivity contribution is 0.123. The molecule has 1 aliphatic heterocycles. The van der Waals surface area contributed by atoms with Crippen molar-refractivity contribution in [1.29, 1.82) is 0 Å². The number of H-pyrrole nitrogens is 1. The van der Waals surface area contributed by atoms with Crippen LogP contribution in [0.3, 0.4) is 0 Å². The molecule has 2 aromatic heterocycles. The van der Waals surface area contributed by atoms with Crippen LogP contribution in [-0.4, -0.2) is 19.7 Å². The summed E-state index contributed by atoms with van der Waals surface area (Å²) in [7, 11) is 0. The fourth-order valence-corrected chi connectivity index (χ4v) is 6.12. The molecular weight excluding hydrogens is 452 g/mol. The lowest BCUT2D eigenvalue weighted by atomic mass is 9.96. The molecule has 0 radical (unpaired) electrons. The van der Waals surface area contributed by atoms with Crippen molar-refractivity contribution < 1.29 is 0 Å². The first-order chi connectivity index (χ1) is 17.9. The monoisotopic (exact) mass is 488 g/mol. The fraction of sp³-hybridized carbons (Fsp3) is 0.303. The van der Waals surface area contributed by atoms with E-state index < -0.39 is 0 Å². The van der Waals surface area contributed by atoms with E-state index in [1.165, 1.54) is 61.4 Å². The van der Waals surface area contributed by atoms with E-state index in [4.69, 9.17) is 5.10 Å². The summed E-state index contributed by atoms with van der Waals surface area (Å²) >= 11 is 0. The molecule has 6 rings (SSSR count). The number of aryl methyl sites for hydroxylation is 3. The first-order valence-corrected chi connectivity index (χ1v) is 13.5. The minimum Gasteiger partial charge on any atom is -0.361 e. The molecule has 1 N–H and O–H groups in total. The van der Waals surface area contributed by atoms with Gasteiger partial charge in [0.15, 0.2) is 0 Å². The van der Waals surface area contributed by atoms with Crippen molar-refractivity contribution in [3.05, 3.63) is 106 Å². The quantitative estimate of drug-likeness (QED) is 0.266. The van der Waals surface area contributed by atoms with Gasteiger partial charge in [0.1, 0.15) is 0 Å². The summed E-state index contributed by atoms with van der Waals surface area (Å²) in [6.07, 6.45) is 4.01. The number of rotatable bonds is 6. The second-order valence-corrected chi connectivity index (χ2v) is 10.8. The average molecular weight is 489 g/mol. The van der Waals surface area contributed by atoms with Gasteiger partial charge in [0, 0.05) is 41.3 Å². The van der Waals surface area contributed by atoms with E-state index in [-0.39, 0.29) is 5.54 Å². The number of aromatic nitrogens is 3. The summed E-state index contributed by atoms with van der Waals surface area (Å²) in [6, 6.07) is 24.3. The van der Waals surface area contributed by atoms with Crippen molar-refractivity contribution in [2.24, 2.45) is 0 Å². The van der Waals surface area contributed by atoms with Gasteiger partial charge in [0.25, 0.3) is 0 Å². The van der Waals surface area contributed by atoms with Gasteiger partial charge in [-0.1, -0.05) is 74.5 Å². The van der Waals surface area contributed by atoms with E-state index in [2.05, 4.69) is 122 Å². The van der Waals surface area contributed by atoms with Crippen LogP contribution in [0.1, 0.15) is 61.2 Å². The van der Waals surface area contributed by atoms with Gasteiger partial charge in [0.2, 0.25) is 0 Å². The Balaban J connectivity index is 1.61. The van der Waals surface area contributed by atoms with E-state index in [0.29, 0.717) is 0 Å². The topological polar surface area (TPSA) is 36.9 Å². The SMILES string of the molecule is CCc1cccc(CC)c1-n1nc2c(c1-c1ccc(C)c3[nH]ccc13)CN(Cc1ccccc1)C2(C)C. The van der Waals surface area contributed by atoms with Crippen LogP contribution in [0, 0.1) is 6.92 Å². The number of benzene rings is 3. The number of para-hydroxylation sites is 1. The maximum atomic E-state index is 5.48. The molecule has 0 aliphatic carbocycles. The van der Waals surface area contributed by atoms with E-state index in [9.17, 15) is 0 Å². The van der Waals surface area contributed by atoms with Gasteiger partial charge >= 0.3 is 0 Å². The molecule has 0 spiro atoms. The molecule has 0 amide bonds. The minimum absolute atomic E-state index is 0.180. The van der Waals surface area contributed by atoms with Crippen molar-refractivity contribution in [2.75, 3.05) is 0 Å². The molecule has 4 nitrogen and oxygen atoms in total. The fourth-order valence-electron chi connectivity index (χ4n) is 6.12. The molecular formula is C33H36N4. The molecule has 0 fully saturated rings. The molecule has 1 aliphatic rings. The summed E-state index contributed by atoms with van der Waals surface area (Å²) in [5.41, 5.74) is 12.6. The van der Waals surface area contributed by atoms with E-state index in [1.807, 2.05) is 0 Å². The maximum Gasteiger partial charge on any atom is 0.0878 e. The van der Waals surface area contributed by atoms with Crippen LogP contribution in [0.4, 0.5) is 0 Å². The lowest BCUT2D eigenvalue weighted by Crippen LogP contribution is -2.35. The summed E-state index contributed by atoms with van der Waals surface area (Å²) < 4.78 is 2.29. The Morgan fingerprint density at radius 3 is 2.32 bits per heavy atom. The van der Waals surface area contributed by atoms with Crippen molar-refractivity contribution in [3.63, 3.8) is 0 Å². The lowest BCUT2D eigenvalue weighted by Gasteiger charge is -2.32. The van der Waals surface area contributed by atoms with Crippen LogP contribution < -0.4 is 0 Å². The number of fused-ring (bicyclic) bond motifs is 2. The highest BCUT2D eigenvalue weighted by Crippen LogP contribution is 2.46. The van der Waals surface area contributed by atoms with Crippen molar-refractivity contribution in [3.8, 4) is 16.9 Å². The van der Waals surface area contributed by atoms with Crippen molar-refractivity contribution in [1.82, 2.24) is 19.7 Å². The molecule has 0 atom stereocenters. The molecule has 0 unspecified atom stereocenters. The summed E-state index contributed by atoms with van der Waals surface area (Å²) in [6.45, 7) is 13.1. The predicted octanol–water partition coefficient (Wildman–Crippen LogP) is 7.70. The van der Waals surface area contributed by atoms with Crippen LogP contribution >= 0.6 is 0 Å². The van der Waals surface area contributed by atoms with Gasteiger partial charge in [-0.3, -0.25) is 4.90 Å². The van der Waals surface area contributed by atoms with Crippen LogP contribution in [0.2, 0.25) is 0 Å². The molecule has 4 heteroatoms. The Hall–Kier alpha value is -3.63. The largest absolute Gasteiger partial charge is 0.361 e. The zero-order chi connectivity index (χ0) is 25.7. The first kappa shape index (κ1) is 23.7. The Labute approximate surface area is 220 Å². The Morgan fingerprint density at radius 2 is 1.62 bits per heavy atom. The van der Waals surface area contributed by atoms with E-state index in [1.54, 1.807) is 0 Å². The molecule has 5 aromatic rings. The van der Waals surface area contributed by atoms with Gasteiger partial charge < -0.3 is 4.98 Å². The van der Waals surface area contributed by atoms with Crippen LogP contribution in [0.15, 0.2) is 72.9 Å². The number of hydrogen-bond donors (Lipinski definition) is 1. The van der Waals surface area contributed by atoms with E-state index in [0.717, 1.165) is 25.9 Å². The average Bonchev–Trinajstić information content (AvgIpc) is 3.60. The van der Waals surface area contributed by atoms with Crippen LogP contribution in [0.25, 0.3) is 27.8 Å². The zero-order valence-electron chi connectivity index (χ0n) is 22.6. The van der Waals surface area contributed by atoms with Gasteiger partial charge in [-0.2, -0.15) is 5.10 Å². The minimum atomic E-state index is -0.180. The molecule has 0 saturated heterocycles. The Kier molecular flexibility index (Phi) is 5.80. The highest BCUT2D eigenvalue weighted by atomic mass is 15.3. The smallest absolute Gasteiger partial charge is 0.0878 e. The van der Waals surface area contributed by atoms with Gasteiger partial charge in [0.05, 0.1) is 22.6 Å². The van der Waals surface area contributed by atoms with Crippen LogP contribution in [-0.2, 0) is 31.5 Å². The van der Waals surface area contributed by atoms with Gasteiger partial charge in [-0.15, -0.1) is 0 Å². The number of nitrogens with zero attached hydrogens (tertiary/aromatic N) is 3. The molecule has 0 saturated carbocycles. The van der Waals surface area contributed by atoms with Crippen LogP contribution in [0.5, 0.6) is 0 Å². The third-order valence-electron chi connectivity index (χ3n) is 8.28. The summed E-state index contributed by atoms with van der Waals surface area (Å²) in [5.74, 6) is 0. The summed E-state index contributed by atoms with van der Waals surface area (Å²) in [5, 5.41) is 6.74. The normalized spacial score (nSPS) is 14.9. The van der Waals surface area contributed by atoms with Gasteiger partial charge in [-0.25, -0.2) is 4.68 Å². The molecule has 3 aromatic carbocycles. The predicted molar refractivity (Wildman–Crippen MR) is 153 cm³/mol. The Morgan fingerprint density at radius 1 is 0.892 bits per heavy atom. The third kappa shape index (κ3) is 3.74. The number of nitrogens with one attached hydrogen (secondary N) is 1. The summed E-state index contributed by atoms with van der Waals surface area (Å²) in [4.78, 5) is 6.05. The zero-order valence-corrected chi connectivity index (χ0v) is 22.6. The van der Waals surface area contributed by atoms with Crippen molar-refractivity contribution in [2.45, 2.75) is 66.1 Å². The second-order valence-electron chi connectivity index (χ2n) is 10.8.